The van der Waals surface area contributed by atoms with Crippen LogP contribution in [-0.2, 0) is 0 Å². The van der Waals surface area contributed by atoms with Gasteiger partial charge in [-0.05, 0) is 42.5 Å². The van der Waals surface area contributed by atoms with Crippen molar-refractivity contribution < 1.29 is 0 Å². The minimum atomic E-state index is 0.618. The van der Waals surface area contributed by atoms with Gasteiger partial charge in [-0.15, -0.1) is 0 Å². The molecule has 6 rings (SSSR count). The van der Waals surface area contributed by atoms with E-state index in [1.54, 1.807) is 12.4 Å². The van der Waals surface area contributed by atoms with E-state index in [2.05, 4.69) is 80.1 Å². The third-order valence-electron chi connectivity index (χ3n) is 5.04. The van der Waals surface area contributed by atoms with E-state index in [9.17, 15) is 0 Å². The monoisotopic (exact) mass is 361 g/mol. The summed E-state index contributed by atoms with van der Waals surface area (Å²) >= 11 is 0. The number of hydrogen-bond acceptors (Lipinski definition) is 4. The molecule has 0 saturated heterocycles. The summed E-state index contributed by atoms with van der Waals surface area (Å²) in [6.45, 7) is 0. The van der Waals surface area contributed by atoms with E-state index in [1.807, 2.05) is 18.2 Å². The maximum atomic E-state index is 4.89. The Hall–Kier alpha value is -3.99. The predicted molar refractivity (Wildman–Crippen MR) is 110 cm³/mol. The lowest BCUT2D eigenvalue weighted by Gasteiger charge is -2.32. The average Bonchev–Trinajstić information content (AvgIpc) is 3.17. The van der Waals surface area contributed by atoms with Gasteiger partial charge in [0.1, 0.15) is 0 Å². The van der Waals surface area contributed by atoms with Crippen LogP contribution in [0.25, 0.3) is 28.4 Å². The normalized spacial score (nSPS) is 12.2. The molecule has 0 unspecified atom stereocenters. The van der Waals surface area contributed by atoms with Crippen LogP contribution in [-0.4, -0.2) is 19.5 Å². The standard InChI is InChI=1S/C23H15N5/c1-2-8-16(9-3-1)27-18-11-4-5-12-19(18)28-21-17(10-6-13-20(21)27)26-23(28)22-24-14-7-15-25-22/h1-15H. The summed E-state index contributed by atoms with van der Waals surface area (Å²) < 4.78 is 2.18. The second-order valence-electron chi connectivity index (χ2n) is 6.65. The predicted octanol–water partition coefficient (Wildman–Crippen LogP) is 5.27. The second kappa shape index (κ2) is 5.76. The van der Waals surface area contributed by atoms with Gasteiger partial charge in [0.05, 0.1) is 28.1 Å². The summed E-state index contributed by atoms with van der Waals surface area (Å²) in [5.74, 6) is 1.37. The zero-order chi connectivity index (χ0) is 18.5. The van der Waals surface area contributed by atoms with E-state index in [-0.39, 0.29) is 0 Å². The van der Waals surface area contributed by atoms with E-state index in [0.717, 1.165) is 39.6 Å². The van der Waals surface area contributed by atoms with E-state index < -0.39 is 0 Å². The van der Waals surface area contributed by atoms with Gasteiger partial charge in [0.25, 0.3) is 0 Å². The summed E-state index contributed by atoms with van der Waals surface area (Å²) in [5.41, 5.74) is 6.37. The van der Waals surface area contributed by atoms with Crippen LogP contribution in [0.4, 0.5) is 17.1 Å². The minimum Gasteiger partial charge on any atom is -0.306 e. The largest absolute Gasteiger partial charge is 0.306 e. The maximum Gasteiger partial charge on any atom is 0.196 e. The van der Waals surface area contributed by atoms with Crippen LogP contribution in [0.15, 0.2) is 91.3 Å². The molecule has 0 bridgehead atoms. The van der Waals surface area contributed by atoms with Crippen LogP contribution < -0.4 is 4.90 Å². The van der Waals surface area contributed by atoms with Crippen LogP contribution >= 0.6 is 0 Å². The average molecular weight is 361 g/mol. The molecule has 0 saturated carbocycles. The topological polar surface area (TPSA) is 46.8 Å². The molecule has 5 aromatic rings. The number of imidazole rings is 1. The Morgan fingerprint density at radius 1 is 0.607 bits per heavy atom. The maximum absolute atomic E-state index is 4.89. The van der Waals surface area contributed by atoms with Crippen molar-refractivity contribution in [1.29, 1.82) is 0 Å². The fourth-order valence-electron chi connectivity index (χ4n) is 3.92. The quantitative estimate of drug-likeness (QED) is 0.422. The van der Waals surface area contributed by atoms with Crippen molar-refractivity contribution in [3.63, 3.8) is 0 Å². The summed E-state index contributed by atoms with van der Waals surface area (Å²) in [6, 6.07) is 26.8. The van der Waals surface area contributed by atoms with Crippen LogP contribution in [0.2, 0.25) is 0 Å². The number of nitrogens with zero attached hydrogens (tertiary/aromatic N) is 5. The van der Waals surface area contributed by atoms with Gasteiger partial charge in [-0.3, -0.25) is 4.57 Å². The highest BCUT2D eigenvalue weighted by Crippen LogP contribution is 2.47. The lowest BCUT2D eigenvalue weighted by atomic mass is 10.1. The van der Waals surface area contributed by atoms with Crippen molar-refractivity contribution in [2.45, 2.75) is 0 Å². The first-order chi connectivity index (χ1) is 13.9. The Bertz CT molecular complexity index is 1310. The SMILES string of the molecule is c1ccc(N2c3ccccc3-n3c(-c4ncccn4)nc4cccc2c43)cc1. The Balaban J connectivity index is 1.75. The van der Waals surface area contributed by atoms with E-state index in [4.69, 9.17) is 4.98 Å². The third kappa shape index (κ3) is 2.04. The Morgan fingerprint density at radius 3 is 2.14 bits per heavy atom. The molecule has 1 aliphatic heterocycles. The van der Waals surface area contributed by atoms with Gasteiger partial charge in [0.15, 0.2) is 11.6 Å². The highest BCUT2D eigenvalue weighted by Gasteiger charge is 2.29. The Labute approximate surface area is 161 Å². The molecule has 0 spiro atoms. The first kappa shape index (κ1) is 15.1. The van der Waals surface area contributed by atoms with Crippen molar-refractivity contribution in [2.24, 2.45) is 0 Å². The molecule has 0 fully saturated rings. The Kier molecular flexibility index (Phi) is 3.10. The first-order valence-corrected chi connectivity index (χ1v) is 9.15. The van der Waals surface area contributed by atoms with Crippen LogP contribution in [0.1, 0.15) is 0 Å². The molecule has 2 aromatic heterocycles. The molecule has 3 aromatic carbocycles. The molecular formula is C23H15N5. The zero-order valence-corrected chi connectivity index (χ0v) is 14.9. The number of fused-ring (bicyclic) bond motifs is 2. The van der Waals surface area contributed by atoms with Crippen molar-refractivity contribution >= 4 is 28.1 Å². The lowest BCUT2D eigenvalue weighted by Crippen LogP contribution is -2.18. The molecule has 0 atom stereocenters. The molecular weight excluding hydrogens is 346 g/mol. The molecule has 3 heterocycles. The van der Waals surface area contributed by atoms with Crippen molar-refractivity contribution in [1.82, 2.24) is 19.5 Å². The van der Waals surface area contributed by atoms with Crippen molar-refractivity contribution in [3.05, 3.63) is 91.3 Å². The molecule has 0 N–H and O–H groups in total. The first-order valence-electron chi connectivity index (χ1n) is 9.15. The molecule has 0 radical (unpaired) electrons. The van der Waals surface area contributed by atoms with Crippen molar-refractivity contribution in [3.8, 4) is 17.3 Å². The number of benzene rings is 3. The van der Waals surface area contributed by atoms with Crippen LogP contribution in [0, 0.1) is 0 Å². The molecule has 1 aliphatic rings. The summed E-state index contributed by atoms with van der Waals surface area (Å²) in [6.07, 6.45) is 3.50. The number of anilines is 3. The van der Waals surface area contributed by atoms with Gasteiger partial charge in [0, 0.05) is 18.1 Å². The summed E-state index contributed by atoms with van der Waals surface area (Å²) in [7, 11) is 0. The third-order valence-corrected chi connectivity index (χ3v) is 5.04. The molecule has 132 valence electrons. The van der Waals surface area contributed by atoms with E-state index in [1.165, 1.54) is 0 Å². The van der Waals surface area contributed by atoms with E-state index in [0.29, 0.717) is 5.82 Å². The van der Waals surface area contributed by atoms with Crippen molar-refractivity contribution in [2.75, 3.05) is 4.90 Å². The number of aromatic nitrogens is 4. The molecule has 0 amide bonds. The van der Waals surface area contributed by atoms with E-state index >= 15 is 0 Å². The Morgan fingerprint density at radius 2 is 1.32 bits per heavy atom. The number of rotatable bonds is 2. The smallest absolute Gasteiger partial charge is 0.196 e. The van der Waals surface area contributed by atoms with Gasteiger partial charge in [-0.25, -0.2) is 15.0 Å². The highest BCUT2D eigenvalue weighted by molar-refractivity contribution is 6.02. The van der Waals surface area contributed by atoms with Gasteiger partial charge >= 0.3 is 0 Å². The highest BCUT2D eigenvalue weighted by atomic mass is 15.2. The molecule has 5 heteroatoms. The number of para-hydroxylation sites is 4. The lowest BCUT2D eigenvalue weighted by molar-refractivity contribution is 1.02. The van der Waals surface area contributed by atoms with Crippen LogP contribution in [0.3, 0.4) is 0 Å². The molecule has 28 heavy (non-hydrogen) atoms. The number of hydrogen-bond donors (Lipinski definition) is 0. The minimum absolute atomic E-state index is 0.618. The zero-order valence-electron chi connectivity index (χ0n) is 14.9. The summed E-state index contributed by atoms with van der Waals surface area (Å²) in [4.78, 5) is 16.1. The fourth-order valence-corrected chi connectivity index (χ4v) is 3.92. The summed E-state index contributed by atoms with van der Waals surface area (Å²) in [5, 5.41) is 0. The second-order valence-corrected chi connectivity index (χ2v) is 6.65. The van der Waals surface area contributed by atoms with Crippen LogP contribution in [0.5, 0.6) is 0 Å². The van der Waals surface area contributed by atoms with Gasteiger partial charge in [0.2, 0.25) is 0 Å². The fraction of sp³-hybridized carbons (Fsp3) is 0. The van der Waals surface area contributed by atoms with Gasteiger partial charge < -0.3 is 4.90 Å². The molecule has 0 aliphatic carbocycles. The van der Waals surface area contributed by atoms with Gasteiger partial charge in [-0.1, -0.05) is 36.4 Å². The molecule has 5 nitrogen and oxygen atoms in total. The van der Waals surface area contributed by atoms with Gasteiger partial charge in [-0.2, -0.15) is 0 Å².